The molecular formula is C17H14ClIO2. The van der Waals surface area contributed by atoms with Crippen LogP contribution in [0.5, 0.6) is 5.75 Å². The second kappa shape index (κ2) is 6.36. The fourth-order valence-electron chi connectivity index (χ4n) is 2.50. The molecule has 0 saturated carbocycles. The van der Waals surface area contributed by atoms with Crippen LogP contribution in [0.2, 0.25) is 5.02 Å². The highest BCUT2D eigenvalue weighted by atomic mass is 127. The van der Waals surface area contributed by atoms with Crippen LogP contribution < -0.4 is 4.74 Å². The molecule has 0 N–H and O–H groups in total. The Morgan fingerprint density at radius 2 is 2.10 bits per heavy atom. The molecule has 0 spiro atoms. The van der Waals surface area contributed by atoms with E-state index in [2.05, 4.69) is 28.7 Å². The number of carbonyl (C=O) groups excluding carboxylic acids is 1. The van der Waals surface area contributed by atoms with Crippen molar-refractivity contribution in [3.05, 3.63) is 61.7 Å². The Bertz CT molecular complexity index is 697. The van der Waals surface area contributed by atoms with Gasteiger partial charge in [-0.3, -0.25) is 4.79 Å². The third-order valence-electron chi connectivity index (χ3n) is 3.62. The smallest absolute Gasteiger partial charge is 0.164 e. The lowest BCUT2D eigenvalue weighted by molar-refractivity contribution is 0.0982. The van der Waals surface area contributed by atoms with Gasteiger partial charge in [0.2, 0.25) is 0 Å². The molecular weight excluding hydrogens is 399 g/mol. The minimum atomic E-state index is 0.138. The first-order valence-corrected chi connectivity index (χ1v) is 8.32. The van der Waals surface area contributed by atoms with Gasteiger partial charge in [0.15, 0.2) is 5.78 Å². The molecule has 0 radical (unpaired) electrons. The fraction of sp³-hybridized carbons (Fsp3) is 0.235. The molecule has 4 heteroatoms. The second-order valence-electron chi connectivity index (χ2n) is 5.09. The van der Waals surface area contributed by atoms with Crippen LogP contribution in [0.25, 0.3) is 0 Å². The number of Topliss-reactive ketones (excluding diaryl/α,β-unsaturated/α-hetero) is 1. The van der Waals surface area contributed by atoms with E-state index in [1.807, 2.05) is 18.2 Å². The van der Waals surface area contributed by atoms with Crippen LogP contribution in [0.15, 0.2) is 36.4 Å². The number of ketones is 1. The van der Waals surface area contributed by atoms with Gasteiger partial charge in [0.25, 0.3) is 0 Å². The third-order valence-corrected chi connectivity index (χ3v) is 4.80. The SMILES string of the molecule is O=C(CCc1ccc2c(c1)CCO2)c1cc(Cl)ccc1I. The summed E-state index contributed by atoms with van der Waals surface area (Å²) in [6, 6.07) is 11.6. The number of fused-ring (bicyclic) bond motifs is 1. The molecule has 0 aromatic heterocycles. The van der Waals surface area contributed by atoms with Crippen molar-refractivity contribution in [1.29, 1.82) is 0 Å². The first-order chi connectivity index (χ1) is 10.1. The standard InChI is InChI=1S/C17H14ClIO2/c18-13-3-4-15(19)14(10-13)16(20)5-1-11-2-6-17-12(9-11)7-8-21-17/h2-4,6,9-10H,1,5,7-8H2. The van der Waals surface area contributed by atoms with Crippen molar-refractivity contribution in [2.75, 3.05) is 6.61 Å². The predicted octanol–water partition coefficient (Wildman–Crippen LogP) is 4.70. The average molecular weight is 413 g/mol. The van der Waals surface area contributed by atoms with Crippen molar-refractivity contribution < 1.29 is 9.53 Å². The molecule has 2 aromatic rings. The van der Waals surface area contributed by atoms with Gasteiger partial charge >= 0.3 is 0 Å². The Balaban J connectivity index is 1.70. The molecule has 0 atom stereocenters. The van der Waals surface area contributed by atoms with Crippen molar-refractivity contribution in [1.82, 2.24) is 0 Å². The van der Waals surface area contributed by atoms with E-state index in [-0.39, 0.29) is 5.78 Å². The minimum absolute atomic E-state index is 0.138. The summed E-state index contributed by atoms with van der Waals surface area (Å²) in [6.07, 6.45) is 2.20. The third kappa shape index (κ3) is 3.40. The van der Waals surface area contributed by atoms with Crippen molar-refractivity contribution in [2.24, 2.45) is 0 Å². The van der Waals surface area contributed by atoms with Gasteiger partial charge in [0.1, 0.15) is 5.75 Å². The van der Waals surface area contributed by atoms with Gasteiger partial charge in [-0.2, -0.15) is 0 Å². The summed E-state index contributed by atoms with van der Waals surface area (Å²) in [6.45, 7) is 0.762. The van der Waals surface area contributed by atoms with E-state index < -0.39 is 0 Å². The zero-order valence-electron chi connectivity index (χ0n) is 11.4. The number of benzene rings is 2. The highest BCUT2D eigenvalue weighted by Crippen LogP contribution is 2.27. The monoisotopic (exact) mass is 412 g/mol. The van der Waals surface area contributed by atoms with Gasteiger partial charge < -0.3 is 4.74 Å². The van der Waals surface area contributed by atoms with E-state index in [1.165, 1.54) is 11.1 Å². The Morgan fingerprint density at radius 1 is 1.24 bits per heavy atom. The van der Waals surface area contributed by atoms with Crippen LogP contribution in [0.4, 0.5) is 0 Å². The number of hydrogen-bond acceptors (Lipinski definition) is 2. The van der Waals surface area contributed by atoms with Gasteiger partial charge in [-0.1, -0.05) is 23.7 Å². The molecule has 2 aromatic carbocycles. The topological polar surface area (TPSA) is 26.3 Å². The van der Waals surface area contributed by atoms with Gasteiger partial charge in [0.05, 0.1) is 6.61 Å². The van der Waals surface area contributed by atoms with E-state index in [4.69, 9.17) is 16.3 Å². The van der Waals surface area contributed by atoms with E-state index >= 15 is 0 Å². The Hall–Kier alpha value is -1.07. The number of hydrogen-bond donors (Lipinski definition) is 0. The van der Waals surface area contributed by atoms with Crippen LogP contribution >= 0.6 is 34.2 Å². The number of carbonyl (C=O) groups is 1. The molecule has 0 amide bonds. The molecule has 0 saturated heterocycles. The molecule has 108 valence electrons. The van der Waals surface area contributed by atoms with Crippen molar-refractivity contribution in [2.45, 2.75) is 19.3 Å². The normalized spacial score (nSPS) is 12.9. The first kappa shape index (κ1) is 14.9. The largest absolute Gasteiger partial charge is 0.493 e. The quantitative estimate of drug-likeness (QED) is 0.538. The highest BCUT2D eigenvalue weighted by molar-refractivity contribution is 14.1. The zero-order valence-corrected chi connectivity index (χ0v) is 14.3. The molecule has 21 heavy (non-hydrogen) atoms. The van der Waals surface area contributed by atoms with Crippen LogP contribution in [-0.4, -0.2) is 12.4 Å². The summed E-state index contributed by atoms with van der Waals surface area (Å²) in [5.74, 6) is 1.12. The summed E-state index contributed by atoms with van der Waals surface area (Å²) in [4.78, 5) is 12.3. The summed E-state index contributed by atoms with van der Waals surface area (Å²) < 4.78 is 6.44. The van der Waals surface area contributed by atoms with Crippen LogP contribution in [0, 0.1) is 3.57 Å². The van der Waals surface area contributed by atoms with Crippen molar-refractivity contribution >= 4 is 40.0 Å². The van der Waals surface area contributed by atoms with Crippen LogP contribution in [-0.2, 0) is 12.8 Å². The van der Waals surface area contributed by atoms with E-state index in [9.17, 15) is 4.79 Å². The van der Waals surface area contributed by atoms with Gasteiger partial charge in [0, 0.05) is 27.0 Å². The lowest BCUT2D eigenvalue weighted by Gasteiger charge is -2.06. The number of ether oxygens (including phenoxy) is 1. The molecule has 0 aliphatic carbocycles. The summed E-state index contributed by atoms with van der Waals surface area (Å²) in [5.41, 5.74) is 3.15. The van der Waals surface area contributed by atoms with Crippen molar-refractivity contribution in [3.63, 3.8) is 0 Å². The number of rotatable bonds is 4. The number of halogens is 2. The fourth-order valence-corrected chi connectivity index (χ4v) is 3.31. The van der Waals surface area contributed by atoms with Crippen molar-refractivity contribution in [3.8, 4) is 5.75 Å². The maximum atomic E-state index is 12.3. The van der Waals surface area contributed by atoms with Gasteiger partial charge in [-0.05, 0) is 64.4 Å². The van der Waals surface area contributed by atoms with E-state index in [0.717, 1.165) is 28.8 Å². The number of aryl methyl sites for hydroxylation is 1. The lowest BCUT2D eigenvalue weighted by atomic mass is 10.0. The Kier molecular flexibility index (Phi) is 4.50. The average Bonchev–Trinajstić information content (AvgIpc) is 2.94. The minimum Gasteiger partial charge on any atom is -0.493 e. The highest BCUT2D eigenvalue weighted by Gasteiger charge is 2.14. The molecule has 0 unspecified atom stereocenters. The molecule has 1 aliphatic heterocycles. The summed E-state index contributed by atoms with van der Waals surface area (Å²) >= 11 is 8.15. The first-order valence-electron chi connectivity index (χ1n) is 6.86. The Labute approximate surface area is 142 Å². The van der Waals surface area contributed by atoms with Crippen LogP contribution in [0.1, 0.15) is 27.9 Å². The molecule has 1 heterocycles. The van der Waals surface area contributed by atoms with Gasteiger partial charge in [-0.15, -0.1) is 0 Å². The molecule has 1 aliphatic rings. The lowest BCUT2D eigenvalue weighted by Crippen LogP contribution is -2.03. The summed E-state index contributed by atoms with van der Waals surface area (Å²) in [7, 11) is 0. The predicted molar refractivity (Wildman–Crippen MR) is 92.5 cm³/mol. The van der Waals surface area contributed by atoms with Crippen LogP contribution in [0.3, 0.4) is 0 Å². The van der Waals surface area contributed by atoms with Gasteiger partial charge in [-0.25, -0.2) is 0 Å². The van der Waals surface area contributed by atoms with E-state index in [1.54, 1.807) is 12.1 Å². The second-order valence-corrected chi connectivity index (χ2v) is 6.69. The van der Waals surface area contributed by atoms with E-state index in [0.29, 0.717) is 17.0 Å². The molecule has 0 fully saturated rings. The summed E-state index contributed by atoms with van der Waals surface area (Å²) in [5, 5.41) is 0.605. The maximum Gasteiger partial charge on any atom is 0.164 e. The molecule has 2 nitrogen and oxygen atoms in total. The zero-order chi connectivity index (χ0) is 14.8. The molecule has 3 rings (SSSR count). The maximum absolute atomic E-state index is 12.3. The molecule has 0 bridgehead atoms. The Morgan fingerprint density at radius 3 is 2.95 bits per heavy atom.